The fourth-order valence-electron chi connectivity index (χ4n) is 3.70. The van der Waals surface area contributed by atoms with Crippen molar-refractivity contribution in [1.29, 1.82) is 0 Å². The molecule has 0 saturated heterocycles. The van der Waals surface area contributed by atoms with Crippen molar-refractivity contribution in [2.75, 3.05) is 0 Å². The Bertz CT molecular complexity index is 1040. The van der Waals surface area contributed by atoms with Gasteiger partial charge in [-0.05, 0) is 73.8 Å². The fraction of sp³-hybridized carbons (Fsp3) is 0.381. The third kappa shape index (κ3) is 6.13. The molecule has 2 aliphatic carbocycles. The standard InChI is InChI=1S/C21H23F3N2O4S/c1-14-7-3-2-4-8-15-9-5-12-18(15)19(14)25-20(27)26-31(28,29)17-11-6-10-16(13-17)30-21(22,23)24/h6,8,10-11,13H,1-5,7,9,12H2,(H2,25,26,27)/b15-8-,19-18+. The van der Waals surface area contributed by atoms with Gasteiger partial charge in [-0.1, -0.05) is 18.7 Å². The average Bonchev–Trinajstić information content (AvgIpc) is 3.13. The highest BCUT2D eigenvalue weighted by Gasteiger charge is 2.32. The lowest BCUT2D eigenvalue weighted by atomic mass is 10.0. The summed E-state index contributed by atoms with van der Waals surface area (Å²) in [5, 5.41) is 2.61. The van der Waals surface area contributed by atoms with Gasteiger partial charge in [-0.3, -0.25) is 0 Å². The lowest BCUT2D eigenvalue weighted by Crippen LogP contribution is -2.39. The van der Waals surface area contributed by atoms with Gasteiger partial charge in [0.25, 0.3) is 10.0 Å². The molecule has 2 amide bonds. The van der Waals surface area contributed by atoms with Crippen molar-refractivity contribution >= 4 is 16.1 Å². The van der Waals surface area contributed by atoms with E-state index in [1.165, 1.54) is 0 Å². The molecule has 0 heterocycles. The van der Waals surface area contributed by atoms with Crippen LogP contribution >= 0.6 is 0 Å². The molecule has 6 nitrogen and oxygen atoms in total. The van der Waals surface area contributed by atoms with Crippen molar-refractivity contribution < 1.29 is 31.1 Å². The molecule has 1 saturated carbocycles. The van der Waals surface area contributed by atoms with E-state index in [4.69, 9.17) is 0 Å². The van der Waals surface area contributed by atoms with Crippen LogP contribution in [0, 0.1) is 0 Å². The van der Waals surface area contributed by atoms with Crippen LogP contribution in [0.15, 0.2) is 64.2 Å². The number of rotatable bonds is 4. The third-order valence-corrected chi connectivity index (χ3v) is 6.38. The maximum Gasteiger partial charge on any atom is 0.573 e. The molecule has 0 radical (unpaired) electrons. The molecule has 1 aromatic carbocycles. The van der Waals surface area contributed by atoms with Gasteiger partial charge in [0.2, 0.25) is 0 Å². The molecule has 0 atom stereocenters. The summed E-state index contributed by atoms with van der Waals surface area (Å²) in [7, 11) is -4.43. The van der Waals surface area contributed by atoms with Gasteiger partial charge in [-0.15, -0.1) is 13.2 Å². The predicted octanol–water partition coefficient (Wildman–Crippen LogP) is 5.07. The van der Waals surface area contributed by atoms with Gasteiger partial charge < -0.3 is 10.1 Å². The highest BCUT2D eigenvalue weighted by Crippen LogP contribution is 2.36. The number of halogens is 3. The van der Waals surface area contributed by atoms with Gasteiger partial charge >= 0.3 is 12.4 Å². The van der Waals surface area contributed by atoms with E-state index in [0.29, 0.717) is 18.2 Å². The van der Waals surface area contributed by atoms with E-state index in [0.717, 1.165) is 73.4 Å². The molecule has 2 aliphatic rings. The smallest absolute Gasteiger partial charge is 0.406 e. The lowest BCUT2D eigenvalue weighted by Gasteiger charge is -2.17. The summed E-state index contributed by atoms with van der Waals surface area (Å²) in [6.07, 6.45) is 3.27. The molecular weight excluding hydrogens is 433 g/mol. The molecule has 0 unspecified atom stereocenters. The SMILES string of the molecule is C=C1CCCC/C=C2/CCC/C2=C/1NC(=O)NS(=O)(=O)c1cccc(OC(F)(F)F)c1. The number of sulfonamides is 1. The zero-order chi connectivity index (χ0) is 22.6. The van der Waals surface area contributed by atoms with Gasteiger partial charge in [0.15, 0.2) is 0 Å². The number of urea groups is 1. The van der Waals surface area contributed by atoms with E-state index in [-0.39, 0.29) is 0 Å². The number of ether oxygens (including phenoxy) is 1. The van der Waals surface area contributed by atoms with E-state index in [1.54, 1.807) is 0 Å². The first-order chi connectivity index (χ1) is 14.5. The van der Waals surface area contributed by atoms with Crippen molar-refractivity contribution in [3.8, 4) is 5.75 Å². The number of allylic oxidation sites excluding steroid dienone is 4. The normalized spacial score (nSPS) is 21.8. The van der Waals surface area contributed by atoms with Crippen molar-refractivity contribution in [3.05, 3.63) is 59.3 Å². The second-order valence-corrected chi connectivity index (χ2v) is 9.05. The van der Waals surface area contributed by atoms with Crippen LogP contribution in [0.2, 0.25) is 0 Å². The molecular formula is C21H23F3N2O4S. The maximum absolute atomic E-state index is 12.5. The summed E-state index contributed by atoms with van der Waals surface area (Å²) >= 11 is 0. The molecule has 0 spiro atoms. The number of fused-ring (bicyclic) bond motifs is 1. The first-order valence-corrected chi connectivity index (χ1v) is 11.3. The summed E-state index contributed by atoms with van der Waals surface area (Å²) in [5.41, 5.74) is 3.34. The second kappa shape index (κ2) is 9.17. The molecule has 10 heteroatoms. The third-order valence-electron chi connectivity index (χ3n) is 5.05. The van der Waals surface area contributed by atoms with Crippen molar-refractivity contribution in [3.63, 3.8) is 0 Å². The number of carbonyl (C=O) groups is 1. The number of carbonyl (C=O) groups excluding carboxylic acids is 1. The summed E-state index contributed by atoms with van der Waals surface area (Å²) in [6.45, 7) is 4.05. The molecule has 1 fully saturated rings. The van der Waals surface area contributed by atoms with Crippen molar-refractivity contribution in [1.82, 2.24) is 10.0 Å². The Hall–Kier alpha value is -2.75. The van der Waals surface area contributed by atoms with Crippen LogP contribution in [0.1, 0.15) is 44.9 Å². The van der Waals surface area contributed by atoms with Crippen LogP contribution in [-0.2, 0) is 10.0 Å². The number of amides is 2. The van der Waals surface area contributed by atoms with Gasteiger partial charge in [-0.25, -0.2) is 17.9 Å². The number of alkyl halides is 3. The fourth-order valence-corrected chi connectivity index (χ4v) is 4.64. The second-order valence-electron chi connectivity index (χ2n) is 7.37. The monoisotopic (exact) mass is 456 g/mol. The van der Waals surface area contributed by atoms with Crippen LogP contribution < -0.4 is 14.8 Å². The minimum Gasteiger partial charge on any atom is -0.406 e. The highest BCUT2D eigenvalue weighted by molar-refractivity contribution is 7.90. The van der Waals surface area contributed by atoms with E-state index < -0.39 is 33.1 Å². The van der Waals surface area contributed by atoms with Crippen LogP contribution in [-0.4, -0.2) is 20.8 Å². The van der Waals surface area contributed by atoms with E-state index in [9.17, 15) is 26.4 Å². The molecule has 0 bridgehead atoms. The Balaban J connectivity index is 1.80. The number of hydrogen-bond donors (Lipinski definition) is 2. The number of hydrogen-bond acceptors (Lipinski definition) is 4. The maximum atomic E-state index is 12.5. The molecule has 168 valence electrons. The zero-order valence-corrected chi connectivity index (χ0v) is 17.5. The Morgan fingerprint density at radius 2 is 1.87 bits per heavy atom. The van der Waals surface area contributed by atoms with Crippen molar-refractivity contribution in [2.45, 2.75) is 56.2 Å². The molecule has 0 aliphatic heterocycles. The largest absolute Gasteiger partial charge is 0.573 e. The van der Waals surface area contributed by atoms with Crippen molar-refractivity contribution in [2.24, 2.45) is 0 Å². The topological polar surface area (TPSA) is 84.5 Å². The minimum atomic E-state index is -4.97. The minimum absolute atomic E-state index is 0.521. The summed E-state index contributed by atoms with van der Waals surface area (Å²) in [4.78, 5) is 12.0. The predicted molar refractivity (Wildman–Crippen MR) is 109 cm³/mol. The van der Waals surface area contributed by atoms with E-state index >= 15 is 0 Å². The quantitative estimate of drug-likeness (QED) is 0.663. The lowest BCUT2D eigenvalue weighted by molar-refractivity contribution is -0.274. The van der Waals surface area contributed by atoms with Crippen LogP contribution in [0.5, 0.6) is 5.75 Å². The summed E-state index contributed by atoms with van der Waals surface area (Å²) < 4.78 is 67.9. The number of nitrogens with one attached hydrogen (secondary N) is 2. The van der Waals surface area contributed by atoms with Gasteiger partial charge in [-0.2, -0.15) is 0 Å². The Labute approximate surface area is 178 Å². The Kier molecular flexibility index (Phi) is 6.78. The van der Waals surface area contributed by atoms with Gasteiger partial charge in [0.05, 0.1) is 4.90 Å². The summed E-state index contributed by atoms with van der Waals surface area (Å²) in [6, 6.07) is 2.82. The number of benzene rings is 1. The Morgan fingerprint density at radius 3 is 2.61 bits per heavy atom. The molecule has 3 rings (SSSR count). The molecule has 2 N–H and O–H groups in total. The average molecular weight is 456 g/mol. The van der Waals surface area contributed by atoms with E-state index in [1.807, 2.05) is 4.72 Å². The first-order valence-electron chi connectivity index (χ1n) is 9.85. The molecule has 1 aromatic rings. The van der Waals surface area contributed by atoms with E-state index in [2.05, 4.69) is 22.7 Å². The highest BCUT2D eigenvalue weighted by atomic mass is 32.2. The van der Waals surface area contributed by atoms with Gasteiger partial charge in [0.1, 0.15) is 5.75 Å². The van der Waals surface area contributed by atoms with Crippen LogP contribution in [0.25, 0.3) is 0 Å². The molecule has 31 heavy (non-hydrogen) atoms. The summed E-state index contributed by atoms with van der Waals surface area (Å²) in [5.74, 6) is -0.703. The van der Waals surface area contributed by atoms with Crippen LogP contribution in [0.3, 0.4) is 0 Å². The van der Waals surface area contributed by atoms with Gasteiger partial charge in [0, 0.05) is 11.8 Å². The zero-order valence-electron chi connectivity index (χ0n) is 16.7. The van der Waals surface area contributed by atoms with Crippen LogP contribution in [0.4, 0.5) is 18.0 Å². The Morgan fingerprint density at radius 1 is 1.10 bits per heavy atom. The first kappa shape index (κ1) is 22.9. The molecule has 0 aromatic heterocycles.